The van der Waals surface area contributed by atoms with Gasteiger partial charge in [0.1, 0.15) is 11.9 Å². The van der Waals surface area contributed by atoms with E-state index in [4.69, 9.17) is 21.1 Å². The predicted octanol–water partition coefficient (Wildman–Crippen LogP) is -0.438. The molecule has 1 aliphatic heterocycles. The molecule has 0 aromatic heterocycles. The standard InChI is InChI=1S/C20H20ClNO7/c1-11(22-10-15(23)13-3-2-4-14(21)9-13)7-12-5-6-16-17(8-12)29-20(28-16,18(24)25)19(26)27/h2-6,8-9,11,15,22-23H,7,10H2,1H3,(H,24,25)(H,26,27)/p-2. The maximum atomic E-state index is 11.2. The van der Waals surface area contributed by atoms with Crippen molar-refractivity contribution in [3.05, 3.63) is 58.6 Å². The first-order chi connectivity index (χ1) is 13.7. The molecule has 0 saturated carbocycles. The SMILES string of the molecule is CC(Cc1ccc2c(c1)OC(C(=O)[O-])(C(=O)[O-])O2)NCC(O)c1cccc(Cl)c1. The van der Waals surface area contributed by atoms with Crippen LogP contribution in [0, 0.1) is 0 Å². The van der Waals surface area contributed by atoms with Gasteiger partial charge >= 0.3 is 5.79 Å². The number of rotatable bonds is 8. The van der Waals surface area contributed by atoms with Crippen molar-refractivity contribution in [2.24, 2.45) is 0 Å². The van der Waals surface area contributed by atoms with Crippen LogP contribution < -0.4 is 25.0 Å². The van der Waals surface area contributed by atoms with Gasteiger partial charge < -0.3 is 39.7 Å². The van der Waals surface area contributed by atoms with Crippen molar-refractivity contribution in [2.75, 3.05) is 6.54 Å². The minimum atomic E-state index is -2.99. The highest BCUT2D eigenvalue weighted by Crippen LogP contribution is 2.40. The number of aliphatic hydroxyl groups is 1. The Kier molecular flexibility index (Phi) is 5.97. The molecule has 2 unspecified atom stereocenters. The number of hydrogen-bond donors (Lipinski definition) is 2. The second kappa shape index (κ2) is 8.28. The summed E-state index contributed by atoms with van der Waals surface area (Å²) in [5, 5.41) is 36.3. The van der Waals surface area contributed by atoms with E-state index in [-0.39, 0.29) is 17.5 Å². The number of benzene rings is 2. The fourth-order valence-electron chi connectivity index (χ4n) is 2.99. The molecule has 9 heteroatoms. The zero-order chi connectivity index (χ0) is 21.2. The monoisotopic (exact) mass is 419 g/mol. The molecule has 0 fully saturated rings. The van der Waals surface area contributed by atoms with Gasteiger partial charge in [-0.3, -0.25) is 0 Å². The average molecular weight is 420 g/mol. The Hall–Kier alpha value is -2.81. The fourth-order valence-corrected chi connectivity index (χ4v) is 3.19. The van der Waals surface area contributed by atoms with Crippen LogP contribution in [0.2, 0.25) is 5.02 Å². The Bertz CT molecular complexity index is 919. The fraction of sp³-hybridized carbons (Fsp3) is 0.300. The van der Waals surface area contributed by atoms with Crippen LogP contribution in [0.1, 0.15) is 24.2 Å². The summed E-state index contributed by atoms with van der Waals surface area (Å²) in [5.74, 6) is -7.16. The zero-order valence-electron chi connectivity index (χ0n) is 15.4. The molecule has 8 nitrogen and oxygen atoms in total. The van der Waals surface area contributed by atoms with E-state index in [9.17, 15) is 24.9 Å². The molecule has 2 aromatic carbocycles. The van der Waals surface area contributed by atoms with Crippen molar-refractivity contribution >= 4 is 23.5 Å². The summed E-state index contributed by atoms with van der Waals surface area (Å²) in [5.41, 5.74) is 1.44. The van der Waals surface area contributed by atoms with Gasteiger partial charge in [0.2, 0.25) is 0 Å². The van der Waals surface area contributed by atoms with Crippen LogP contribution in [-0.2, 0) is 16.0 Å². The Balaban J connectivity index is 1.61. The second-order valence-corrected chi connectivity index (χ2v) is 7.20. The minimum absolute atomic E-state index is 0.0259. The van der Waals surface area contributed by atoms with Crippen molar-refractivity contribution in [1.29, 1.82) is 0 Å². The summed E-state index contributed by atoms with van der Waals surface area (Å²) < 4.78 is 9.90. The number of ether oxygens (including phenoxy) is 2. The molecule has 154 valence electrons. The van der Waals surface area contributed by atoms with E-state index < -0.39 is 23.8 Å². The number of carboxylic acids is 2. The first-order valence-corrected chi connectivity index (χ1v) is 9.20. The molecule has 2 atom stereocenters. The highest BCUT2D eigenvalue weighted by molar-refractivity contribution is 6.30. The molecule has 1 heterocycles. The molecule has 1 aliphatic rings. The van der Waals surface area contributed by atoms with E-state index in [1.54, 1.807) is 30.3 Å². The Morgan fingerprint density at radius 3 is 2.48 bits per heavy atom. The largest absolute Gasteiger partial charge is 0.542 e. The van der Waals surface area contributed by atoms with Gasteiger partial charge in [-0.15, -0.1) is 0 Å². The Morgan fingerprint density at radius 1 is 1.14 bits per heavy atom. The van der Waals surface area contributed by atoms with Gasteiger partial charge in [0.05, 0.1) is 6.10 Å². The molecule has 0 spiro atoms. The van der Waals surface area contributed by atoms with Gasteiger partial charge in [0, 0.05) is 17.6 Å². The summed E-state index contributed by atoms with van der Waals surface area (Å²) in [4.78, 5) is 22.3. The van der Waals surface area contributed by atoms with Crippen LogP contribution in [0.5, 0.6) is 11.5 Å². The van der Waals surface area contributed by atoms with Gasteiger partial charge in [-0.05, 0) is 48.7 Å². The minimum Gasteiger partial charge on any atom is -0.542 e. The molecule has 29 heavy (non-hydrogen) atoms. The summed E-state index contributed by atoms with van der Waals surface area (Å²) in [6.07, 6.45) is -0.234. The lowest BCUT2D eigenvalue weighted by Crippen LogP contribution is -2.64. The van der Waals surface area contributed by atoms with E-state index in [2.05, 4.69) is 5.32 Å². The van der Waals surface area contributed by atoms with Gasteiger partial charge in [-0.1, -0.05) is 29.8 Å². The lowest BCUT2D eigenvalue weighted by Gasteiger charge is -2.28. The van der Waals surface area contributed by atoms with Crippen molar-refractivity contribution in [2.45, 2.75) is 31.3 Å². The first kappa shape index (κ1) is 20.9. The average Bonchev–Trinajstić information content (AvgIpc) is 3.06. The number of aliphatic carboxylic acids is 2. The number of fused-ring (bicyclic) bond motifs is 1. The maximum Gasteiger partial charge on any atom is 0.335 e. The van der Waals surface area contributed by atoms with E-state index in [0.29, 0.717) is 23.6 Å². The molecule has 2 N–H and O–H groups in total. The number of nitrogens with one attached hydrogen (secondary N) is 1. The normalized spacial score (nSPS) is 16.2. The van der Waals surface area contributed by atoms with Crippen LogP contribution in [0.25, 0.3) is 0 Å². The van der Waals surface area contributed by atoms with Crippen LogP contribution in [0.3, 0.4) is 0 Å². The number of aliphatic hydroxyl groups excluding tert-OH is 1. The van der Waals surface area contributed by atoms with Crippen LogP contribution in [0.15, 0.2) is 42.5 Å². The van der Waals surface area contributed by atoms with Crippen LogP contribution >= 0.6 is 11.6 Å². The van der Waals surface area contributed by atoms with Crippen molar-refractivity contribution < 1.29 is 34.4 Å². The quantitative estimate of drug-likeness (QED) is 0.551. The van der Waals surface area contributed by atoms with E-state index in [0.717, 1.165) is 5.56 Å². The van der Waals surface area contributed by atoms with Crippen LogP contribution in [0.4, 0.5) is 0 Å². The van der Waals surface area contributed by atoms with Gasteiger partial charge in [0.25, 0.3) is 0 Å². The van der Waals surface area contributed by atoms with Crippen molar-refractivity contribution in [3.63, 3.8) is 0 Å². The van der Waals surface area contributed by atoms with Gasteiger partial charge in [-0.2, -0.15) is 0 Å². The van der Waals surface area contributed by atoms with E-state index >= 15 is 0 Å². The number of halogens is 1. The summed E-state index contributed by atoms with van der Waals surface area (Å²) in [6, 6.07) is 11.5. The third-order valence-corrected chi connectivity index (χ3v) is 4.72. The molecule has 2 aromatic rings. The second-order valence-electron chi connectivity index (χ2n) is 6.76. The van der Waals surface area contributed by atoms with Gasteiger partial charge in [-0.25, -0.2) is 0 Å². The maximum absolute atomic E-state index is 11.2. The molecule has 0 amide bonds. The molecular formula is C20H18ClNO7-2. The summed E-state index contributed by atoms with van der Waals surface area (Å²) >= 11 is 5.93. The lowest BCUT2D eigenvalue weighted by atomic mass is 10.1. The highest BCUT2D eigenvalue weighted by atomic mass is 35.5. The molecule has 0 radical (unpaired) electrons. The third-order valence-electron chi connectivity index (χ3n) is 4.49. The summed E-state index contributed by atoms with van der Waals surface area (Å²) in [7, 11) is 0. The summed E-state index contributed by atoms with van der Waals surface area (Å²) in [6.45, 7) is 2.20. The number of hydrogen-bond acceptors (Lipinski definition) is 8. The highest BCUT2D eigenvalue weighted by Gasteiger charge is 2.45. The zero-order valence-corrected chi connectivity index (χ0v) is 16.1. The molecule has 3 rings (SSSR count). The van der Waals surface area contributed by atoms with Crippen molar-refractivity contribution in [3.8, 4) is 11.5 Å². The third kappa shape index (κ3) is 4.45. The van der Waals surface area contributed by atoms with Crippen molar-refractivity contribution in [1.82, 2.24) is 5.32 Å². The molecule has 0 aliphatic carbocycles. The lowest BCUT2D eigenvalue weighted by molar-refractivity contribution is -0.362. The predicted molar refractivity (Wildman–Crippen MR) is 98.0 cm³/mol. The number of carboxylic acid groups (broad SMARTS) is 2. The molecule has 0 bridgehead atoms. The first-order valence-electron chi connectivity index (χ1n) is 8.82. The Labute approximate surface area is 171 Å². The van der Waals surface area contributed by atoms with E-state index in [1.807, 2.05) is 6.92 Å². The topological polar surface area (TPSA) is 131 Å². The van der Waals surface area contributed by atoms with Gasteiger partial charge in [0.15, 0.2) is 11.5 Å². The van der Waals surface area contributed by atoms with Crippen LogP contribution in [-0.4, -0.2) is 35.4 Å². The smallest absolute Gasteiger partial charge is 0.335 e. The Morgan fingerprint density at radius 2 is 1.83 bits per heavy atom. The molecular weight excluding hydrogens is 402 g/mol. The number of carbonyl (C=O) groups excluding carboxylic acids is 2. The molecule has 0 saturated heterocycles. The van der Waals surface area contributed by atoms with E-state index in [1.165, 1.54) is 12.1 Å². The number of carbonyl (C=O) groups is 2.